The molecular formula is C14H15N3O2. The minimum Gasteiger partial charge on any atom is -0.329 e. The highest BCUT2D eigenvalue weighted by Crippen LogP contribution is 2.20. The molecule has 0 radical (unpaired) electrons. The van der Waals surface area contributed by atoms with Gasteiger partial charge < -0.3 is 15.6 Å². The largest absolute Gasteiger partial charge is 0.329 e. The minimum absolute atomic E-state index is 0.244. The van der Waals surface area contributed by atoms with Crippen molar-refractivity contribution in [3.63, 3.8) is 0 Å². The zero-order valence-corrected chi connectivity index (χ0v) is 10.6. The van der Waals surface area contributed by atoms with E-state index in [1.165, 1.54) is 17.2 Å². The van der Waals surface area contributed by atoms with Crippen molar-refractivity contribution in [1.82, 2.24) is 4.98 Å². The summed E-state index contributed by atoms with van der Waals surface area (Å²) in [7, 11) is 1.66. The second-order valence-corrected chi connectivity index (χ2v) is 4.14. The number of carbonyl (C=O) groups is 1. The van der Waals surface area contributed by atoms with Gasteiger partial charge in [0.25, 0.3) is 5.91 Å². The first-order valence-corrected chi connectivity index (χ1v) is 5.88. The second-order valence-electron chi connectivity index (χ2n) is 4.14. The number of pyridine rings is 1. The fourth-order valence-corrected chi connectivity index (χ4v) is 1.89. The van der Waals surface area contributed by atoms with E-state index < -0.39 is 0 Å². The van der Waals surface area contributed by atoms with Crippen LogP contribution in [0, 0.1) is 0 Å². The highest BCUT2D eigenvalue weighted by Gasteiger charge is 2.15. The Morgan fingerprint density at radius 1 is 1.32 bits per heavy atom. The van der Waals surface area contributed by atoms with Crippen molar-refractivity contribution in [3.05, 3.63) is 64.1 Å². The number of benzene rings is 1. The molecule has 1 amide bonds. The number of hydrogen-bond acceptors (Lipinski definition) is 3. The number of nitrogens with zero attached hydrogens (tertiary/aromatic N) is 1. The average Bonchev–Trinajstić information content (AvgIpc) is 2.45. The minimum atomic E-state index is -0.300. The van der Waals surface area contributed by atoms with Crippen molar-refractivity contribution in [1.29, 1.82) is 0 Å². The molecule has 5 nitrogen and oxygen atoms in total. The van der Waals surface area contributed by atoms with Gasteiger partial charge in [0, 0.05) is 37.1 Å². The van der Waals surface area contributed by atoms with E-state index in [9.17, 15) is 9.59 Å². The Morgan fingerprint density at radius 3 is 2.74 bits per heavy atom. The van der Waals surface area contributed by atoms with E-state index in [1.807, 2.05) is 24.3 Å². The summed E-state index contributed by atoms with van der Waals surface area (Å²) in [5, 5.41) is 0. The van der Waals surface area contributed by atoms with Crippen molar-refractivity contribution in [2.45, 2.75) is 6.54 Å². The summed E-state index contributed by atoms with van der Waals surface area (Å²) in [5.41, 5.74) is 7.33. The van der Waals surface area contributed by atoms with Crippen LogP contribution in [-0.2, 0) is 6.54 Å². The normalized spacial score (nSPS) is 10.2. The van der Waals surface area contributed by atoms with Gasteiger partial charge in [-0.05, 0) is 17.7 Å². The van der Waals surface area contributed by atoms with E-state index in [0.29, 0.717) is 12.1 Å². The molecular weight excluding hydrogens is 242 g/mol. The predicted molar refractivity (Wildman–Crippen MR) is 74.1 cm³/mol. The molecule has 0 bridgehead atoms. The van der Waals surface area contributed by atoms with Gasteiger partial charge in [0.15, 0.2) is 0 Å². The van der Waals surface area contributed by atoms with Gasteiger partial charge in [0.1, 0.15) is 0 Å². The third-order valence-electron chi connectivity index (χ3n) is 2.90. The molecule has 1 heterocycles. The van der Waals surface area contributed by atoms with Crippen molar-refractivity contribution >= 4 is 11.6 Å². The van der Waals surface area contributed by atoms with Gasteiger partial charge in [-0.2, -0.15) is 0 Å². The topological polar surface area (TPSA) is 79.2 Å². The zero-order valence-electron chi connectivity index (χ0n) is 10.6. The summed E-state index contributed by atoms with van der Waals surface area (Å²) in [4.78, 5) is 27.5. The number of rotatable bonds is 3. The molecule has 0 aliphatic carbocycles. The molecule has 0 aliphatic rings. The number of hydrogen-bond donors (Lipinski definition) is 2. The first kappa shape index (κ1) is 13.0. The third-order valence-corrected chi connectivity index (χ3v) is 2.90. The molecule has 0 spiro atoms. The number of aromatic amines is 1. The summed E-state index contributed by atoms with van der Waals surface area (Å²) in [6.45, 7) is 0.350. The molecule has 0 unspecified atom stereocenters. The van der Waals surface area contributed by atoms with E-state index in [0.717, 1.165) is 11.3 Å². The Morgan fingerprint density at radius 2 is 2.05 bits per heavy atom. The number of anilines is 1. The Balaban J connectivity index is 2.36. The number of nitrogens with one attached hydrogen (secondary N) is 1. The van der Waals surface area contributed by atoms with Gasteiger partial charge in [-0.25, -0.2) is 0 Å². The lowest BCUT2D eigenvalue weighted by molar-refractivity contribution is 0.0992. The van der Waals surface area contributed by atoms with Crippen LogP contribution in [0.15, 0.2) is 47.4 Å². The number of aromatic nitrogens is 1. The maximum Gasteiger partial charge on any atom is 0.258 e. The summed E-state index contributed by atoms with van der Waals surface area (Å²) < 4.78 is 0. The van der Waals surface area contributed by atoms with Gasteiger partial charge in [-0.3, -0.25) is 9.59 Å². The van der Waals surface area contributed by atoms with Crippen LogP contribution in [0.5, 0.6) is 0 Å². The monoisotopic (exact) mass is 257 g/mol. The molecule has 1 aromatic carbocycles. The van der Waals surface area contributed by atoms with Gasteiger partial charge in [-0.15, -0.1) is 0 Å². The van der Waals surface area contributed by atoms with Crippen molar-refractivity contribution in [3.8, 4) is 0 Å². The maximum absolute atomic E-state index is 12.3. The molecule has 0 aliphatic heterocycles. The summed E-state index contributed by atoms with van der Waals surface area (Å²) >= 11 is 0. The van der Waals surface area contributed by atoms with Gasteiger partial charge in [0.05, 0.1) is 0 Å². The molecule has 0 saturated carbocycles. The summed E-state index contributed by atoms with van der Waals surface area (Å²) in [6.07, 6.45) is 1.46. The van der Waals surface area contributed by atoms with Crippen LogP contribution < -0.4 is 16.2 Å². The van der Waals surface area contributed by atoms with E-state index in [2.05, 4.69) is 4.98 Å². The average molecular weight is 257 g/mol. The molecule has 0 atom stereocenters. The highest BCUT2D eigenvalue weighted by molar-refractivity contribution is 6.06. The molecule has 98 valence electrons. The number of nitrogens with two attached hydrogens (primary N) is 1. The first-order valence-electron chi connectivity index (χ1n) is 5.88. The first-order chi connectivity index (χ1) is 9.13. The Labute approximate surface area is 110 Å². The highest BCUT2D eigenvalue weighted by atomic mass is 16.2. The fraction of sp³-hybridized carbons (Fsp3) is 0.143. The summed E-state index contributed by atoms with van der Waals surface area (Å²) in [5.74, 6) is -0.244. The van der Waals surface area contributed by atoms with Crippen molar-refractivity contribution in [2.24, 2.45) is 5.73 Å². The van der Waals surface area contributed by atoms with Gasteiger partial charge in [-0.1, -0.05) is 18.2 Å². The van der Waals surface area contributed by atoms with Gasteiger partial charge >= 0.3 is 0 Å². The van der Waals surface area contributed by atoms with Crippen LogP contribution in [0.1, 0.15) is 15.9 Å². The summed E-state index contributed by atoms with van der Waals surface area (Å²) in [6, 6.07) is 10.3. The standard InChI is InChI=1S/C14H15N3O2/c1-17(12-5-3-2-4-11(12)9-15)14(19)10-6-7-16-13(18)8-10/h2-8H,9,15H2,1H3,(H,16,18). The Kier molecular flexibility index (Phi) is 3.77. The number of para-hydroxylation sites is 1. The molecule has 0 saturated heterocycles. The van der Waals surface area contributed by atoms with Crippen LogP contribution in [-0.4, -0.2) is 17.9 Å². The molecule has 5 heteroatoms. The molecule has 3 N–H and O–H groups in total. The van der Waals surface area contributed by atoms with E-state index >= 15 is 0 Å². The lowest BCUT2D eigenvalue weighted by Gasteiger charge is -2.20. The third kappa shape index (κ3) is 2.71. The van der Waals surface area contributed by atoms with Crippen molar-refractivity contribution in [2.75, 3.05) is 11.9 Å². The molecule has 2 aromatic rings. The van der Waals surface area contributed by atoms with Crippen molar-refractivity contribution < 1.29 is 4.79 Å². The molecule has 19 heavy (non-hydrogen) atoms. The number of H-pyrrole nitrogens is 1. The lowest BCUT2D eigenvalue weighted by Crippen LogP contribution is -2.28. The number of carbonyl (C=O) groups excluding carboxylic acids is 1. The molecule has 0 fully saturated rings. The van der Waals surface area contributed by atoms with E-state index in [4.69, 9.17) is 5.73 Å². The van der Waals surface area contributed by atoms with Crippen LogP contribution in [0.25, 0.3) is 0 Å². The van der Waals surface area contributed by atoms with Crippen LogP contribution in [0.3, 0.4) is 0 Å². The maximum atomic E-state index is 12.3. The zero-order chi connectivity index (χ0) is 13.8. The fourth-order valence-electron chi connectivity index (χ4n) is 1.89. The smallest absolute Gasteiger partial charge is 0.258 e. The van der Waals surface area contributed by atoms with Crippen LogP contribution in [0.2, 0.25) is 0 Å². The SMILES string of the molecule is CN(C(=O)c1cc[nH]c(=O)c1)c1ccccc1CN. The molecule has 2 rings (SSSR count). The van der Waals surface area contributed by atoms with E-state index in [-0.39, 0.29) is 11.5 Å². The Hall–Kier alpha value is -2.40. The van der Waals surface area contributed by atoms with Gasteiger partial charge in [0.2, 0.25) is 5.56 Å². The second kappa shape index (κ2) is 5.49. The lowest BCUT2D eigenvalue weighted by atomic mass is 10.1. The number of amides is 1. The quantitative estimate of drug-likeness (QED) is 0.864. The molecule has 1 aromatic heterocycles. The van der Waals surface area contributed by atoms with Crippen LogP contribution in [0.4, 0.5) is 5.69 Å². The van der Waals surface area contributed by atoms with E-state index in [1.54, 1.807) is 13.1 Å². The van der Waals surface area contributed by atoms with Crippen LogP contribution >= 0.6 is 0 Å². The predicted octanol–water partition coefficient (Wildman–Crippen LogP) is 1.11. The Bertz CT molecular complexity index is 649.